The van der Waals surface area contributed by atoms with Crippen molar-refractivity contribution in [2.24, 2.45) is 5.73 Å². The number of aromatic hydroxyl groups is 1. The van der Waals surface area contributed by atoms with Crippen molar-refractivity contribution < 1.29 is 24.2 Å². The number of rotatable bonds is 6. The number of nitrogens with one attached hydrogen (secondary N) is 1. The molecular formula is C17H17FN2O4. The van der Waals surface area contributed by atoms with Gasteiger partial charge in [-0.05, 0) is 30.2 Å². The third-order valence-corrected chi connectivity index (χ3v) is 3.48. The fourth-order valence-corrected chi connectivity index (χ4v) is 2.21. The van der Waals surface area contributed by atoms with E-state index >= 15 is 0 Å². The number of hydrogen-bond acceptors (Lipinski definition) is 4. The molecule has 7 heteroatoms. The lowest BCUT2D eigenvalue weighted by Crippen LogP contribution is -2.45. The second-order valence-corrected chi connectivity index (χ2v) is 5.28. The number of phenolic OH excluding ortho intramolecular Hbond substituents is 1. The first-order valence-corrected chi connectivity index (χ1v) is 7.19. The second-order valence-electron chi connectivity index (χ2n) is 5.28. The Morgan fingerprint density at radius 3 is 2.33 bits per heavy atom. The van der Waals surface area contributed by atoms with Gasteiger partial charge in [-0.25, -0.2) is 9.18 Å². The lowest BCUT2D eigenvalue weighted by Gasteiger charge is -2.18. The van der Waals surface area contributed by atoms with Crippen molar-refractivity contribution in [1.82, 2.24) is 5.32 Å². The molecule has 0 radical (unpaired) electrons. The monoisotopic (exact) mass is 332 g/mol. The Morgan fingerprint density at radius 1 is 1.12 bits per heavy atom. The van der Waals surface area contributed by atoms with E-state index in [4.69, 9.17) is 5.73 Å². The predicted octanol–water partition coefficient (Wildman–Crippen LogP) is 1.34. The van der Waals surface area contributed by atoms with E-state index in [1.807, 2.05) is 0 Å². The van der Waals surface area contributed by atoms with E-state index < -0.39 is 29.8 Å². The molecule has 5 N–H and O–H groups in total. The standard InChI is InChI=1S/C17H17FN2O4/c18-13-4-2-1-3-12(13)15(17(23)24)20-16(22)14(19)9-10-5-7-11(21)8-6-10/h1-8,14-15,21H,9,19H2,(H,20,22)(H,23,24)/t14-,15-/m0/s1. The van der Waals surface area contributed by atoms with Gasteiger partial charge in [0.2, 0.25) is 5.91 Å². The number of halogens is 1. The van der Waals surface area contributed by atoms with Gasteiger partial charge in [0, 0.05) is 5.56 Å². The van der Waals surface area contributed by atoms with Gasteiger partial charge >= 0.3 is 5.97 Å². The molecule has 0 aliphatic heterocycles. The smallest absolute Gasteiger partial charge is 0.331 e. The number of amides is 1. The largest absolute Gasteiger partial charge is 0.508 e. The predicted molar refractivity (Wildman–Crippen MR) is 84.7 cm³/mol. The van der Waals surface area contributed by atoms with E-state index in [-0.39, 0.29) is 17.7 Å². The van der Waals surface area contributed by atoms with E-state index in [9.17, 15) is 24.2 Å². The zero-order valence-electron chi connectivity index (χ0n) is 12.6. The van der Waals surface area contributed by atoms with Crippen LogP contribution in [0.2, 0.25) is 0 Å². The first-order valence-electron chi connectivity index (χ1n) is 7.19. The number of carbonyl (C=O) groups is 2. The topological polar surface area (TPSA) is 113 Å². The molecule has 2 atom stereocenters. The maximum absolute atomic E-state index is 13.8. The first-order chi connectivity index (χ1) is 11.4. The number of phenols is 1. The van der Waals surface area contributed by atoms with Gasteiger partial charge in [-0.15, -0.1) is 0 Å². The molecule has 0 unspecified atom stereocenters. The zero-order valence-corrected chi connectivity index (χ0v) is 12.6. The van der Waals surface area contributed by atoms with Crippen LogP contribution in [0.25, 0.3) is 0 Å². The van der Waals surface area contributed by atoms with E-state index in [1.165, 1.54) is 30.3 Å². The van der Waals surface area contributed by atoms with Gasteiger partial charge in [0.05, 0.1) is 6.04 Å². The van der Waals surface area contributed by atoms with Crippen molar-refractivity contribution in [3.8, 4) is 5.75 Å². The highest BCUT2D eigenvalue weighted by Crippen LogP contribution is 2.17. The Morgan fingerprint density at radius 2 is 1.75 bits per heavy atom. The van der Waals surface area contributed by atoms with Crippen molar-refractivity contribution in [3.05, 3.63) is 65.5 Å². The number of benzene rings is 2. The van der Waals surface area contributed by atoms with Crippen LogP contribution in [0.4, 0.5) is 4.39 Å². The van der Waals surface area contributed by atoms with E-state index in [1.54, 1.807) is 12.1 Å². The summed E-state index contributed by atoms with van der Waals surface area (Å²) < 4.78 is 13.8. The van der Waals surface area contributed by atoms with Crippen molar-refractivity contribution in [2.75, 3.05) is 0 Å². The molecule has 0 saturated heterocycles. The lowest BCUT2D eigenvalue weighted by molar-refractivity contribution is -0.142. The molecule has 0 aliphatic carbocycles. The summed E-state index contributed by atoms with van der Waals surface area (Å²) in [6.07, 6.45) is 0.149. The molecule has 0 bridgehead atoms. The SMILES string of the molecule is N[C@@H](Cc1ccc(O)cc1)C(=O)N[C@H](C(=O)O)c1ccccc1F. The summed E-state index contributed by atoms with van der Waals surface area (Å²) in [4.78, 5) is 23.5. The average molecular weight is 332 g/mol. The highest BCUT2D eigenvalue weighted by atomic mass is 19.1. The summed E-state index contributed by atoms with van der Waals surface area (Å²) in [7, 11) is 0. The van der Waals surface area contributed by atoms with Crippen molar-refractivity contribution in [1.29, 1.82) is 0 Å². The summed E-state index contributed by atoms with van der Waals surface area (Å²) in [5, 5.41) is 20.7. The van der Waals surface area contributed by atoms with Gasteiger partial charge in [-0.1, -0.05) is 30.3 Å². The third kappa shape index (κ3) is 4.30. The Hall–Kier alpha value is -2.93. The molecule has 0 aliphatic rings. The molecule has 126 valence electrons. The molecule has 24 heavy (non-hydrogen) atoms. The summed E-state index contributed by atoms with van der Waals surface area (Å²) in [5.41, 5.74) is 6.35. The summed E-state index contributed by atoms with van der Waals surface area (Å²) in [6, 6.07) is 8.91. The molecule has 2 aromatic rings. The van der Waals surface area contributed by atoms with Gasteiger partial charge in [0.25, 0.3) is 0 Å². The van der Waals surface area contributed by atoms with Crippen molar-refractivity contribution in [2.45, 2.75) is 18.5 Å². The maximum atomic E-state index is 13.8. The van der Waals surface area contributed by atoms with Crippen molar-refractivity contribution >= 4 is 11.9 Å². The number of aliphatic carboxylic acids is 1. The Labute approximate surface area is 137 Å². The highest BCUT2D eigenvalue weighted by molar-refractivity contribution is 5.87. The van der Waals surface area contributed by atoms with Crippen LogP contribution in [0.3, 0.4) is 0 Å². The Balaban J connectivity index is 2.09. The van der Waals surface area contributed by atoms with Crippen LogP contribution in [-0.4, -0.2) is 28.1 Å². The number of carbonyl (C=O) groups excluding carboxylic acids is 1. The van der Waals surface area contributed by atoms with Crippen LogP contribution < -0.4 is 11.1 Å². The summed E-state index contributed by atoms with van der Waals surface area (Å²) >= 11 is 0. The maximum Gasteiger partial charge on any atom is 0.331 e. The zero-order chi connectivity index (χ0) is 17.7. The van der Waals surface area contributed by atoms with Gasteiger partial charge in [-0.2, -0.15) is 0 Å². The molecule has 2 rings (SSSR count). The Bertz CT molecular complexity index is 734. The molecule has 0 aromatic heterocycles. The van der Waals surface area contributed by atoms with Crippen LogP contribution in [0.15, 0.2) is 48.5 Å². The normalized spacial score (nSPS) is 13.1. The van der Waals surface area contributed by atoms with Crippen LogP contribution in [0.5, 0.6) is 5.75 Å². The van der Waals surface area contributed by atoms with Crippen LogP contribution in [0.1, 0.15) is 17.2 Å². The quantitative estimate of drug-likeness (QED) is 0.638. The number of hydrogen-bond donors (Lipinski definition) is 4. The van der Waals surface area contributed by atoms with E-state index in [0.29, 0.717) is 5.56 Å². The summed E-state index contributed by atoms with van der Waals surface area (Å²) in [6.45, 7) is 0. The molecular weight excluding hydrogens is 315 g/mol. The van der Waals surface area contributed by atoms with E-state index in [2.05, 4.69) is 5.32 Å². The van der Waals surface area contributed by atoms with Gasteiger partial charge < -0.3 is 21.3 Å². The molecule has 0 heterocycles. The molecule has 0 spiro atoms. The fraction of sp³-hybridized carbons (Fsp3) is 0.176. The van der Waals surface area contributed by atoms with Gasteiger partial charge in [0.15, 0.2) is 6.04 Å². The van der Waals surface area contributed by atoms with Gasteiger partial charge in [0.1, 0.15) is 11.6 Å². The van der Waals surface area contributed by atoms with Crippen LogP contribution in [-0.2, 0) is 16.0 Å². The molecule has 2 aromatic carbocycles. The first kappa shape index (κ1) is 17.4. The van der Waals surface area contributed by atoms with Crippen LogP contribution in [0, 0.1) is 5.82 Å². The molecule has 0 fully saturated rings. The Kier molecular flexibility index (Phi) is 5.49. The van der Waals surface area contributed by atoms with E-state index in [0.717, 1.165) is 6.07 Å². The fourth-order valence-electron chi connectivity index (χ4n) is 2.21. The lowest BCUT2D eigenvalue weighted by atomic mass is 10.0. The average Bonchev–Trinajstić information content (AvgIpc) is 2.55. The number of nitrogens with two attached hydrogens (primary N) is 1. The number of carboxylic acids is 1. The van der Waals surface area contributed by atoms with Crippen LogP contribution >= 0.6 is 0 Å². The minimum absolute atomic E-state index is 0.0854. The van der Waals surface area contributed by atoms with Crippen molar-refractivity contribution in [3.63, 3.8) is 0 Å². The second kappa shape index (κ2) is 7.56. The van der Waals surface area contributed by atoms with Gasteiger partial charge in [-0.3, -0.25) is 4.79 Å². The minimum atomic E-state index is -1.52. The third-order valence-electron chi connectivity index (χ3n) is 3.48. The molecule has 0 saturated carbocycles. The molecule has 1 amide bonds. The number of carboxylic acid groups (broad SMARTS) is 1. The summed E-state index contributed by atoms with van der Waals surface area (Å²) in [5.74, 6) is -2.73. The molecule has 6 nitrogen and oxygen atoms in total. The minimum Gasteiger partial charge on any atom is -0.508 e. The highest BCUT2D eigenvalue weighted by Gasteiger charge is 2.27.